The van der Waals surface area contributed by atoms with E-state index in [0.29, 0.717) is 34.1 Å². The highest BCUT2D eigenvalue weighted by Crippen LogP contribution is 2.41. The minimum atomic E-state index is -1.54. The lowest BCUT2D eigenvalue weighted by atomic mass is 9.95. The Labute approximate surface area is 116 Å². The van der Waals surface area contributed by atoms with Gasteiger partial charge in [-0.2, -0.15) is 5.10 Å². The fraction of sp³-hybridized carbons (Fsp3) is 0.357. The Bertz CT molecular complexity index is 617. The van der Waals surface area contributed by atoms with Gasteiger partial charge in [-0.3, -0.25) is 5.10 Å². The second kappa shape index (κ2) is 5.03. The van der Waals surface area contributed by atoms with Gasteiger partial charge in [0, 0.05) is 23.3 Å². The molecule has 5 nitrogen and oxygen atoms in total. The maximum absolute atomic E-state index is 14.3. The fourth-order valence-corrected chi connectivity index (χ4v) is 2.05. The first kappa shape index (κ1) is 14.2. The molecule has 3 N–H and O–H groups in total. The molecule has 6 heteroatoms. The molecule has 0 saturated carbocycles. The van der Waals surface area contributed by atoms with Gasteiger partial charge >= 0.3 is 0 Å². The Balaban J connectivity index is 2.67. The van der Waals surface area contributed by atoms with E-state index in [9.17, 15) is 4.39 Å². The Morgan fingerprint density at radius 2 is 1.80 bits per heavy atom. The van der Waals surface area contributed by atoms with Gasteiger partial charge in [-0.1, -0.05) is 0 Å². The van der Waals surface area contributed by atoms with E-state index in [0.717, 1.165) is 0 Å². The topological polar surface area (TPSA) is 73.2 Å². The van der Waals surface area contributed by atoms with Crippen molar-refractivity contribution in [2.45, 2.75) is 19.5 Å². The number of aromatic amines is 1. The van der Waals surface area contributed by atoms with Crippen molar-refractivity contribution in [1.82, 2.24) is 10.2 Å². The van der Waals surface area contributed by atoms with Crippen LogP contribution in [0.1, 0.15) is 19.4 Å². The first-order valence-electron chi connectivity index (χ1n) is 6.13. The van der Waals surface area contributed by atoms with Crippen LogP contribution in [0.15, 0.2) is 18.2 Å². The number of nitrogen functional groups attached to an aromatic ring is 1. The monoisotopic (exact) mass is 279 g/mol. The molecule has 0 aliphatic carbocycles. The second-order valence-electron chi connectivity index (χ2n) is 4.93. The summed E-state index contributed by atoms with van der Waals surface area (Å²) in [5, 5.41) is 6.67. The number of nitrogens with two attached hydrogens (primary N) is 1. The zero-order chi connectivity index (χ0) is 14.9. The maximum atomic E-state index is 14.3. The van der Waals surface area contributed by atoms with E-state index < -0.39 is 5.67 Å². The predicted molar refractivity (Wildman–Crippen MR) is 75.7 cm³/mol. The molecule has 0 spiro atoms. The van der Waals surface area contributed by atoms with Gasteiger partial charge < -0.3 is 15.2 Å². The molecule has 20 heavy (non-hydrogen) atoms. The van der Waals surface area contributed by atoms with Gasteiger partial charge in [-0.25, -0.2) is 4.39 Å². The standard InChI is InChI=1S/C14H18FN3O2/c1-14(2,15)9-5-8(10-6-13(16)18-17-10)11(19-3)7-12(9)20-4/h5-7H,1-4H3,(H3,16,17,18). The normalized spacial score (nSPS) is 11.4. The average Bonchev–Trinajstić information content (AvgIpc) is 2.82. The van der Waals surface area contributed by atoms with Crippen molar-refractivity contribution in [3.05, 3.63) is 23.8 Å². The van der Waals surface area contributed by atoms with Crippen LogP contribution in [-0.4, -0.2) is 24.4 Å². The van der Waals surface area contributed by atoms with Crippen molar-refractivity contribution < 1.29 is 13.9 Å². The quantitative estimate of drug-likeness (QED) is 0.902. The fourth-order valence-electron chi connectivity index (χ4n) is 2.05. The molecular weight excluding hydrogens is 261 g/mol. The van der Waals surface area contributed by atoms with Gasteiger partial charge in [0.15, 0.2) is 0 Å². The first-order chi connectivity index (χ1) is 9.36. The summed E-state index contributed by atoms with van der Waals surface area (Å²) in [5.41, 5.74) is 5.83. The van der Waals surface area contributed by atoms with Gasteiger partial charge in [0.2, 0.25) is 0 Å². The minimum absolute atomic E-state index is 0.360. The number of aromatic nitrogens is 2. The Kier molecular flexibility index (Phi) is 3.57. The zero-order valence-corrected chi connectivity index (χ0v) is 12.0. The summed E-state index contributed by atoms with van der Waals surface area (Å²) >= 11 is 0. The second-order valence-corrected chi connectivity index (χ2v) is 4.93. The smallest absolute Gasteiger partial charge is 0.145 e. The number of nitrogens with one attached hydrogen (secondary N) is 1. The number of halogens is 1. The van der Waals surface area contributed by atoms with Gasteiger partial charge in [0.1, 0.15) is 23.0 Å². The van der Waals surface area contributed by atoms with Gasteiger partial charge in [-0.05, 0) is 19.9 Å². The van der Waals surface area contributed by atoms with Crippen molar-refractivity contribution in [2.24, 2.45) is 0 Å². The molecule has 2 rings (SSSR count). The SMILES string of the molecule is COc1cc(OC)c(C(C)(C)F)cc1-c1cc(N)n[nH]1. The van der Waals surface area contributed by atoms with Crippen molar-refractivity contribution in [3.8, 4) is 22.8 Å². The predicted octanol–water partition coefficient (Wildman–Crippen LogP) is 2.88. The van der Waals surface area contributed by atoms with Crippen LogP contribution >= 0.6 is 0 Å². The first-order valence-corrected chi connectivity index (χ1v) is 6.13. The lowest BCUT2D eigenvalue weighted by Crippen LogP contribution is -2.11. The Morgan fingerprint density at radius 3 is 2.25 bits per heavy atom. The molecule has 1 aromatic carbocycles. The summed E-state index contributed by atoms with van der Waals surface area (Å²) in [4.78, 5) is 0. The van der Waals surface area contributed by atoms with Crippen LogP contribution in [0.3, 0.4) is 0 Å². The van der Waals surface area contributed by atoms with Crippen LogP contribution in [0.2, 0.25) is 0 Å². The molecule has 1 heterocycles. The summed E-state index contributed by atoms with van der Waals surface area (Å²) in [6.45, 7) is 2.95. The molecule has 0 aliphatic heterocycles. The lowest BCUT2D eigenvalue weighted by Gasteiger charge is -2.20. The van der Waals surface area contributed by atoms with Crippen molar-refractivity contribution >= 4 is 5.82 Å². The Hall–Kier alpha value is -2.24. The number of H-pyrrole nitrogens is 1. The third kappa shape index (κ3) is 2.54. The van der Waals surface area contributed by atoms with Gasteiger partial charge in [0.25, 0.3) is 0 Å². The van der Waals surface area contributed by atoms with Crippen LogP contribution in [0.5, 0.6) is 11.5 Å². The lowest BCUT2D eigenvalue weighted by molar-refractivity contribution is 0.213. The summed E-state index contributed by atoms with van der Waals surface area (Å²) in [7, 11) is 3.04. The van der Waals surface area contributed by atoms with E-state index in [1.165, 1.54) is 28.1 Å². The molecule has 0 bridgehead atoms. The number of hydrogen-bond donors (Lipinski definition) is 2. The maximum Gasteiger partial charge on any atom is 0.145 e. The number of benzene rings is 1. The number of hydrogen-bond acceptors (Lipinski definition) is 4. The zero-order valence-electron chi connectivity index (χ0n) is 12.0. The summed E-state index contributed by atoms with van der Waals surface area (Å²) in [6, 6.07) is 5.01. The highest BCUT2D eigenvalue weighted by Gasteiger charge is 2.26. The van der Waals surface area contributed by atoms with E-state index in [4.69, 9.17) is 15.2 Å². The number of anilines is 1. The number of ether oxygens (including phenoxy) is 2. The van der Waals surface area contributed by atoms with Crippen LogP contribution in [0.25, 0.3) is 11.3 Å². The molecule has 0 aliphatic rings. The molecule has 0 atom stereocenters. The molecule has 0 radical (unpaired) electrons. The third-order valence-electron chi connectivity index (χ3n) is 3.05. The highest BCUT2D eigenvalue weighted by molar-refractivity contribution is 5.72. The molecular formula is C14H18FN3O2. The molecule has 2 aromatic rings. The molecule has 108 valence electrons. The van der Waals surface area contributed by atoms with Gasteiger partial charge in [0.05, 0.1) is 19.9 Å². The van der Waals surface area contributed by atoms with Crippen LogP contribution < -0.4 is 15.2 Å². The summed E-state index contributed by atoms with van der Waals surface area (Å²) < 4.78 is 24.9. The van der Waals surface area contributed by atoms with Crippen LogP contribution in [0.4, 0.5) is 10.2 Å². The van der Waals surface area contributed by atoms with E-state index in [1.54, 1.807) is 18.2 Å². The van der Waals surface area contributed by atoms with E-state index in [-0.39, 0.29) is 0 Å². The number of nitrogens with zero attached hydrogens (tertiary/aromatic N) is 1. The summed E-state index contributed by atoms with van der Waals surface area (Å²) in [5.74, 6) is 1.35. The number of rotatable bonds is 4. The molecule has 0 amide bonds. The highest BCUT2D eigenvalue weighted by atomic mass is 19.1. The molecule has 1 aromatic heterocycles. The average molecular weight is 279 g/mol. The van der Waals surface area contributed by atoms with Crippen molar-refractivity contribution in [1.29, 1.82) is 0 Å². The van der Waals surface area contributed by atoms with Crippen molar-refractivity contribution in [3.63, 3.8) is 0 Å². The molecule has 0 saturated heterocycles. The van der Waals surface area contributed by atoms with Gasteiger partial charge in [-0.15, -0.1) is 0 Å². The summed E-state index contributed by atoms with van der Waals surface area (Å²) in [6.07, 6.45) is 0. The van der Waals surface area contributed by atoms with E-state index >= 15 is 0 Å². The minimum Gasteiger partial charge on any atom is -0.496 e. The van der Waals surface area contributed by atoms with Crippen LogP contribution in [-0.2, 0) is 5.67 Å². The molecule has 0 fully saturated rings. The Morgan fingerprint density at radius 1 is 1.15 bits per heavy atom. The van der Waals surface area contributed by atoms with E-state index in [1.807, 2.05) is 0 Å². The number of methoxy groups -OCH3 is 2. The third-order valence-corrected chi connectivity index (χ3v) is 3.05. The van der Waals surface area contributed by atoms with E-state index in [2.05, 4.69) is 10.2 Å². The largest absolute Gasteiger partial charge is 0.496 e. The number of alkyl halides is 1. The van der Waals surface area contributed by atoms with Crippen LogP contribution in [0, 0.1) is 0 Å². The van der Waals surface area contributed by atoms with Crippen molar-refractivity contribution in [2.75, 3.05) is 20.0 Å². The molecule has 0 unspecified atom stereocenters.